The third kappa shape index (κ3) is 4.06. The number of para-hydroxylation sites is 2. The van der Waals surface area contributed by atoms with Crippen molar-refractivity contribution in [3.05, 3.63) is 95.8 Å². The molecule has 4 nitrogen and oxygen atoms in total. The van der Waals surface area contributed by atoms with Gasteiger partial charge in [-0.05, 0) is 42.5 Å². The van der Waals surface area contributed by atoms with Crippen LogP contribution in [0.15, 0.2) is 84.0 Å². The van der Waals surface area contributed by atoms with Crippen molar-refractivity contribution in [2.24, 2.45) is 5.10 Å². The molecule has 0 saturated heterocycles. The average Bonchev–Trinajstić information content (AvgIpc) is 3.22. The first-order chi connectivity index (χ1) is 14.7. The molecule has 1 heterocycles. The molecule has 0 radical (unpaired) electrons. The lowest BCUT2D eigenvalue weighted by Gasteiger charge is -2.25. The lowest BCUT2D eigenvalue weighted by molar-refractivity contribution is 0.405. The van der Waals surface area contributed by atoms with Crippen molar-refractivity contribution < 1.29 is 13.9 Å². The first kappa shape index (κ1) is 19.7. The highest BCUT2D eigenvalue weighted by atomic mass is 19.1. The Morgan fingerprint density at radius 1 is 0.900 bits per heavy atom. The van der Waals surface area contributed by atoms with Crippen LogP contribution in [-0.4, -0.2) is 19.9 Å². The van der Waals surface area contributed by atoms with Crippen LogP contribution in [0.3, 0.4) is 0 Å². The molecular formula is C25H23FN2O2. The minimum atomic E-state index is -0.292. The standard InChI is InChI=1S/C25H23FN2O2/c1-29-24-12-5-3-8-18(24)14-15-20-17-23(22-11-4-6-13-25(22)30-2)28(27-20)21-10-7-9-19(26)16-21/h3-16,23H,17H2,1-2H3/b15-14+/t23-/m0/s1. The summed E-state index contributed by atoms with van der Waals surface area (Å²) in [5.74, 6) is 1.30. The van der Waals surface area contributed by atoms with Gasteiger partial charge in [0.15, 0.2) is 0 Å². The van der Waals surface area contributed by atoms with E-state index in [4.69, 9.17) is 14.6 Å². The molecule has 30 heavy (non-hydrogen) atoms. The first-order valence-corrected chi connectivity index (χ1v) is 9.76. The van der Waals surface area contributed by atoms with Crippen molar-refractivity contribution in [3.8, 4) is 11.5 Å². The molecule has 0 bridgehead atoms. The quantitative estimate of drug-likeness (QED) is 0.518. The summed E-state index contributed by atoms with van der Waals surface area (Å²) in [6, 6.07) is 22.1. The molecule has 1 aliphatic heterocycles. The van der Waals surface area contributed by atoms with Crippen molar-refractivity contribution in [1.29, 1.82) is 0 Å². The van der Waals surface area contributed by atoms with E-state index in [1.807, 2.05) is 71.8 Å². The third-order valence-electron chi connectivity index (χ3n) is 5.10. The number of ether oxygens (including phenoxy) is 2. The van der Waals surface area contributed by atoms with Crippen LogP contribution >= 0.6 is 0 Å². The molecule has 0 aliphatic carbocycles. The van der Waals surface area contributed by atoms with E-state index in [1.54, 1.807) is 20.3 Å². The molecule has 152 valence electrons. The Morgan fingerprint density at radius 3 is 2.40 bits per heavy atom. The summed E-state index contributed by atoms with van der Waals surface area (Å²) in [6.07, 6.45) is 4.65. The molecule has 1 aliphatic rings. The lowest BCUT2D eigenvalue weighted by atomic mass is 9.99. The van der Waals surface area contributed by atoms with Gasteiger partial charge in [0.25, 0.3) is 0 Å². The van der Waals surface area contributed by atoms with E-state index in [1.165, 1.54) is 12.1 Å². The van der Waals surface area contributed by atoms with E-state index >= 15 is 0 Å². The lowest BCUT2D eigenvalue weighted by Crippen LogP contribution is -2.19. The fourth-order valence-electron chi connectivity index (χ4n) is 3.66. The van der Waals surface area contributed by atoms with E-state index < -0.39 is 0 Å². The zero-order chi connectivity index (χ0) is 20.9. The second kappa shape index (κ2) is 8.82. The molecule has 4 rings (SSSR count). The van der Waals surface area contributed by atoms with Crippen LogP contribution in [0.1, 0.15) is 23.6 Å². The van der Waals surface area contributed by atoms with E-state index in [2.05, 4.69) is 0 Å². The predicted octanol–water partition coefficient (Wildman–Crippen LogP) is 5.86. The summed E-state index contributed by atoms with van der Waals surface area (Å²) < 4.78 is 24.9. The maximum atomic E-state index is 13.9. The van der Waals surface area contributed by atoms with Crippen molar-refractivity contribution in [2.75, 3.05) is 19.2 Å². The molecule has 5 heteroatoms. The number of hydrazone groups is 1. The highest BCUT2D eigenvalue weighted by Gasteiger charge is 2.30. The molecule has 1 atom stereocenters. The van der Waals surface area contributed by atoms with Gasteiger partial charge in [0.1, 0.15) is 17.3 Å². The highest BCUT2D eigenvalue weighted by molar-refractivity contribution is 6.01. The van der Waals surface area contributed by atoms with Gasteiger partial charge in [0.05, 0.1) is 31.7 Å². The van der Waals surface area contributed by atoms with Gasteiger partial charge < -0.3 is 9.47 Å². The zero-order valence-corrected chi connectivity index (χ0v) is 17.0. The number of rotatable bonds is 6. The molecule has 0 fully saturated rings. The van der Waals surface area contributed by atoms with Gasteiger partial charge in [-0.2, -0.15) is 5.10 Å². The Balaban J connectivity index is 1.71. The Labute approximate surface area is 175 Å². The van der Waals surface area contributed by atoms with E-state index in [0.717, 1.165) is 28.3 Å². The van der Waals surface area contributed by atoms with Gasteiger partial charge in [-0.15, -0.1) is 0 Å². The molecular weight excluding hydrogens is 379 g/mol. The van der Waals surface area contributed by atoms with E-state index in [0.29, 0.717) is 12.1 Å². The summed E-state index contributed by atoms with van der Waals surface area (Å²) in [4.78, 5) is 0. The van der Waals surface area contributed by atoms with Gasteiger partial charge in [0.2, 0.25) is 0 Å². The van der Waals surface area contributed by atoms with Gasteiger partial charge in [-0.3, -0.25) is 5.01 Å². The van der Waals surface area contributed by atoms with Crippen LogP contribution in [0.4, 0.5) is 10.1 Å². The number of nitrogens with zero attached hydrogens (tertiary/aromatic N) is 2. The molecule has 0 amide bonds. The number of anilines is 1. The SMILES string of the molecule is COc1ccccc1/C=C/C1=NN(c2cccc(F)c2)[C@H](c2ccccc2OC)C1. The van der Waals surface area contributed by atoms with Crippen molar-refractivity contribution in [3.63, 3.8) is 0 Å². The summed E-state index contributed by atoms with van der Waals surface area (Å²) in [5, 5.41) is 6.67. The second-order valence-corrected chi connectivity index (χ2v) is 6.95. The molecule has 0 aromatic heterocycles. The Kier molecular flexibility index (Phi) is 5.80. The molecule has 3 aromatic rings. The van der Waals surface area contributed by atoms with Crippen molar-refractivity contribution >= 4 is 17.5 Å². The molecule has 0 unspecified atom stereocenters. The van der Waals surface area contributed by atoms with Crippen LogP contribution in [0.25, 0.3) is 6.08 Å². The monoisotopic (exact) mass is 402 g/mol. The van der Waals surface area contributed by atoms with Crippen molar-refractivity contribution in [1.82, 2.24) is 0 Å². The third-order valence-corrected chi connectivity index (χ3v) is 5.10. The van der Waals surface area contributed by atoms with Crippen LogP contribution in [0, 0.1) is 5.82 Å². The smallest absolute Gasteiger partial charge is 0.126 e. The van der Waals surface area contributed by atoms with Crippen LogP contribution < -0.4 is 14.5 Å². The fraction of sp³-hybridized carbons (Fsp3) is 0.160. The zero-order valence-electron chi connectivity index (χ0n) is 17.0. The molecule has 0 saturated carbocycles. The topological polar surface area (TPSA) is 34.1 Å². The van der Waals surface area contributed by atoms with Gasteiger partial charge in [-0.1, -0.05) is 42.5 Å². The molecule has 0 spiro atoms. The van der Waals surface area contributed by atoms with E-state index in [-0.39, 0.29) is 11.9 Å². The number of methoxy groups -OCH3 is 2. The summed E-state index contributed by atoms with van der Waals surface area (Å²) in [7, 11) is 3.31. The molecule has 0 N–H and O–H groups in total. The highest BCUT2D eigenvalue weighted by Crippen LogP contribution is 2.39. The van der Waals surface area contributed by atoms with Gasteiger partial charge in [0, 0.05) is 17.5 Å². The van der Waals surface area contributed by atoms with Crippen molar-refractivity contribution in [2.45, 2.75) is 12.5 Å². The maximum Gasteiger partial charge on any atom is 0.126 e. The number of hydrogen-bond acceptors (Lipinski definition) is 4. The van der Waals surface area contributed by atoms with Crippen LogP contribution in [-0.2, 0) is 0 Å². The minimum absolute atomic E-state index is 0.0970. The summed E-state index contributed by atoms with van der Waals surface area (Å²) >= 11 is 0. The molecule has 3 aromatic carbocycles. The van der Waals surface area contributed by atoms with Crippen LogP contribution in [0.2, 0.25) is 0 Å². The second-order valence-electron chi connectivity index (χ2n) is 6.95. The number of hydrogen-bond donors (Lipinski definition) is 0. The first-order valence-electron chi connectivity index (χ1n) is 9.76. The number of halogens is 1. The number of benzene rings is 3. The minimum Gasteiger partial charge on any atom is -0.496 e. The number of allylic oxidation sites excluding steroid dienone is 1. The Hall–Kier alpha value is -3.60. The largest absolute Gasteiger partial charge is 0.496 e. The summed E-state index contributed by atoms with van der Waals surface area (Å²) in [5.41, 5.74) is 3.57. The Morgan fingerprint density at radius 2 is 1.63 bits per heavy atom. The Bertz CT molecular complexity index is 1090. The summed E-state index contributed by atoms with van der Waals surface area (Å²) in [6.45, 7) is 0. The predicted molar refractivity (Wildman–Crippen MR) is 119 cm³/mol. The van der Waals surface area contributed by atoms with Gasteiger partial charge >= 0.3 is 0 Å². The fourth-order valence-corrected chi connectivity index (χ4v) is 3.66. The van der Waals surface area contributed by atoms with Gasteiger partial charge in [-0.25, -0.2) is 4.39 Å². The normalized spacial score (nSPS) is 16.0. The van der Waals surface area contributed by atoms with E-state index in [9.17, 15) is 4.39 Å². The maximum absolute atomic E-state index is 13.9. The van der Waals surface area contributed by atoms with Crippen LogP contribution in [0.5, 0.6) is 11.5 Å². The average molecular weight is 402 g/mol.